The van der Waals surface area contributed by atoms with E-state index in [1.54, 1.807) is 9.80 Å². The molecule has 0 saturated carbocycles. The molecule has 2 rings (SSSR count). The SMILES string of the molecule is COC(=O)N1CCCN(C(=O)C2CCC(=O)N2)CC1. The number of nitrogens with zero attached hydrogens (tertiary/aromatic N) is 2. The highest BCUT2D eigenvalue weighted by Crippen LogP contribution is 2.12. The summed E-state index contributed by atoms with van der Waals surface area (Å²) >= 11 is 0. The first-order valence-corrected chi connectivity index (χ1v) is 6.53. The van der Waals surface area contributed by atoms with Crippen molar-refractivity contribution in [2.24, 2.45) is 0 Å². The topological polar surface area (TPSA) is 79.0 Å². The Balaban J connectivity index is 1.90. The largest absolute Gasteiger partial charge is 0.453 e. The van der Waals surface area contributed by atoms with Crippen molar-refractivity contribution < 1.29 is 19.1 Å². The normalized spacial score (nSPS) is 23.8. The Kier molecular flexibility index (Phi) is 4.24. The summed E-state index contributed by atoms with van der Waals surface area (Å²) in [6.45, 7) is 2.16. The molecule has 1 unspecified atom stereocenters. The van der Waals surface area contributed by atoms with E-state index in [0.717, 1.165) is 6.42 Å². The Hall–Kier alpha value is -1.79. The van der Waals surface area contributed by atoms with Crippen LogP contribution in [0.1, 0.15) is 19.3 Å². The second-order valence-electron chi connectivity index (χ2n) is 4.79. The Bertz CT molecular complexity index is 385. The van der Waals surface area contributed by atoms with Gasteiger partial charge in [0.2, 0.25) is 11.8 Å². The number of ether oxygens (including phenoxy) is 1. The van der Waals surface area contributed by atoms with Gasteiger partial charge in [-0.1, -0.05) is 0 Å². The van der Waals surface area contributed by atoms with Crippen molar-refractivity contribution in [3.05, 3.63) is 0 Å². The smallest absolute Gasteiger partial charge is 0.409 e. The third-order valence-electron chi connectivity index (χ3n) is 3.53. The van der Waals surface area contributed by atoms with E-state index in [1.807, 2.05) is 0 Å². The molecule has 2 aliphatic rings. The fraction of sp³-hybridized carbons (Fsp3) is 0.750. The first-order chi connectivity index (χ1) is 9.11. The van der Waals surface area contributed by atoms with Crippen molar-refractivity contribution in [3.8, 4) is 0 Å². The van der Waals surface area contributed by atoms with E-state index in [9.17, 15) is 14.4 Å². The van der Waals surface area contributed by atoms with Crippen LogP contribution < -0.4 is 5.32 Å². The van der Waals surface area contributed by atoms with Crippen LogP contribution in [0.5, 0.6) is 0 Å². The third-order valence-corrected chi connectivity index (χ3v) is 3.53. The van der Waals surface area contributed by atoms with Gasteiger partial charge in [0.1, 0.15) is 6.04 Å². The van der Waals surface area contributed by atoms with Gasteiger partial charge in [0, 0.05) is 32.6 Å². The van der Waals surface area contributed by atoms with Crippen molar-refractivity contribution in [1.29, 1.82) is 0 Å². The maximum Gasteiger partial charge on any atom is 0.409 e. The fourth-order valence-electron chi connectivity index (χ4n) is 2.47. The van der Waals surface area contributed by atoms with E-state index in [1.165, 1.54) is 7.11 Å². The summed E-state index contributed by atoms with van der Waals surface area (Å²) in [5, 5.41) is 2.68. The van der Waals surface area contributed by atoms with Crippen LogP contribution in [-0.4, -0.2) is 67.0 Å². The molecular weight excluding hydrogens is 250 g/mol. The molecule has 2 aliphatic heterocycles. The van der Waals surface area contributed by atoms with Crippen molar-refractivity contribution >= 4 is 17.9 Å². The van der Waals surface area contributed by atoms with Crippen LogP contribution in [0, 0.1) is 0 Å². The van der Waals surface area contributed by atoms with E-state index >= 15 is 0 Å². The molecular formula is C12H19N3O4. The molecule has 106 valence electrons. The number of hydrogen-bond acceptors (Lipinski definition) is 4. The lowest BCUT2D eigenvalue weighted by atomic mass is 10.2. The van der Waals surface area contributed by atoms with Gasteiger partial charge in [-0.3, -0.25) is 9.59 Å². The minimum Gasteiger partial charge on any atom is -0.453 e. The molecule has 2 heterocycles. The van der Waals surface area contributed by atoms with Gasteiger partial charge in [-0.25, -0.2) is 4.79 Å². The van der Waals surface area contributed by atoms with E-state index in [2.05, 4.69) is 10.1 Å². The van der Waals surface area contributed by atoms with Gasteiger partial charge in [-0.2, -0.15) is 0 Å². The second-order valence-corrected chi connectivity index (χ2v) is 4.79. The quantitative estimate of drug-likeness (QED) is 0.700. The molecule has 0 aromatic rings. The van der Waals surface area contributed by atoms with E-state index < -0.39 is 6.04 Å². The summed E-state index contributed by atoms with van der Waals surface area (Å²) < 4.78 is 4.68. The number of rotatable bonds is 1. The van der Waals surface area contributed by atoms with Gasteiger partial charge in [0.05, 0.1) is 7.11 Å². The molecule has 7 nitrogen and oxygen atoms in total. The van der Waals surface area contributed by atoms with E-state index in [4.69, 9.17) is 0 Å². The third kappa shape index (κ3) is 3.15. The summed E-state index contributed by atoms with van der Waals surface area (Å²) in [4.78, 5) is 38.1. The van der Waals surface area contributed by atoms with Gasteiger partial charge in [-0.15, -0.1) is 0 Å². The first-order valence-electron chi connectivity index (χ1n) is 6.53. The van der Waals surface area contributed by atoms with Crippen molar-refractivity contribution in [1.82, 2.24) is 15.1 Å². The van der Waals surface area contributed by atoms with Crippen molar-refractivity contribution in [2.75, 3.05) is 33.3 Å². The molecule has 0 spiro atoms. The molecule has 19 heavy (non-hydrogen) atoms. The van der Waals surface area contributed by atoms with Crippen molar-refractivity contribution in [2.45, 2.75) is 25.3 Å². The lowest BCUT2D eigenvalue weighted by molar-refractivity contribution is -0.134. The highest BCUT2D eigenvalue weighted by Gasteiger charge is 2.32. The van der Waals surface area contributed by atoms with Gasteiger partial charge in [0.25, 0.3) is 0 Å². The minimum absolute atomic E-state index is 0.0439. The molecule has 2 fully saturated rings. The summed E-state index contributed by atoms with van der Waals surface area (Å²) in [6, 6.07) is -0.392. The lowest BCUT2D eigenvalue weighted by Gasteiger charge is -2.24. The molecule has 0 radical (unpaired) electrons. The summed E-state index contributed by atoms with van der Waals surface area (Å²) in [6.07, 6.45) is 1.35. The molecule has 0 aliphatic carbocycles. The number of carbonyl (C=O) groups excluding carboxylic acids is 3. The van der Waals surface area contributed by atoms with E-state index in [-0.39, 0.29) is 17.9 Å². The predicted octanol–water partition coefficient (Wildman–Crippen LogP) is -0.434. The minimum atomic E-state index is -0.392. The monoisotopic (exact) mass is 269 g/mol. The van der Waals surface area contributed by atoms with E-state index in [0.29, 0.717) is 39.0 Å². The Morgan fingerprint density at radius 1 is 1.21 bits per heavy atom. The summed E-state index contributed by atoms with van der Waals surface area (Å²) in [7, 11) is 1.35. The first kappa shape index (κ1) is 13.6. The number of carbonyl (C=O) groups is 3. The van der Waals surface area contributed by atoms with Crippen LogP contribution in [0.2, 0.25) is 0 Å². The maximum absolute atomic E-state index is 12.2. The Morgan fingerprint density at radius 3 is 2.53 bits per heavy atom. The summed E-state index contributed by atoms with van der Waals surface area (Å²) in [5.74, 6) is -0.109. The molecule has 7 heteroatoms. The zero-order chi connectivity index (χ0) is 13.8. The predicted molar refractivity (Wildman–Crippen MR) is 66.3 cm³/mol. The standard InChI is InChI=1S/C12H19N3O4/c1-19-12(18)15-6-2-5-14(7-8-15)11(17)9-3-4-10(16)13-9/h9H,2-8H2,1H3,(H,13,16). The number of hydrogen-bond donors (Lipinski definition) is 1. The number of amides is 3. The lowest BCUT2D eigenvalue weighted by Crippen LogP contribution is -2.46. The van der Waals surface area contributed by atoms with Crippen LogP contribution in [-0.2, 0) is 14.3 Å². The van der Waals surface area contributed by atoms with Gasteiger partial charge < -0.3 is 19.9 Å². The highest BCUT2D eigenvalue weighted by atomic mass is 16.5. The fourth-order valence-corrected chi connectivity index (χ4v) is 2.47. The summed E-state index contributed by atoms with van der Waals surface area (Å²) in [5.41, 5.74) is 0. The molecule has 0 bridgehead atoms. The Morgan fingerprint density at radius 2 is 1.89 bits per heavy atom. The van der Waals surface area contributed by atoms with Crippen LogP contribution in [0.3, 0.4) is 0 Å². The zero-order valence-corrected chi connectivity index (χ0v) is 11.1. The van der Waals surface area contributed by atoms with Crippen LogP contribution >= 0.6 is 0 Å². The molecule has 1 N–H and O–H groups in total. The average Bonchev–Trinajstić information content (AvgIpc) is 2.71. The van der Waals surface area contributed by atoms with Gasteiger partial charge in [-0.05, 0) is 12.8 Å². The zero-order valence-electron chi connectivity index (χ0n) is 11.1. The van der Waals surface area contributed by atoms with Crippen molar-refractivity contribution in [3.63, 3.8) is 0 Å². The van der Waals surface area contributed by atoms with Gasteiger partial charge in [0.15, 0.2) is 0 Å². The number of methoxy groups -OCH3 is 1. The van der Waals surface area contributed by atoms with Crippen LogP contribution in [0.25, 0.3) is 0 Å². The average molecular weight is 269 g/mol. The highest BCUT2D eigenvalue weighted by molar-refractivity contribution is 5.90. The molecule has 3 amide bonds. The second kappa shape index (κ2) is 5.90. The molecule has 0 aromatic carbocycles. The molecule has 1 atom stereocenters. The Labute approximate surface area is 111 Å². The van der Waals surface area contributed by atoms with Crippen LogP contribution in [0.15, 0.2) is 0 Å². The molecule has 2 saturated heterocycles. The molecule has 0 aromatic heterocycles. The van der Waals surface area contributed by atoms with Crippen LogP contribution in [0.4, 0.5) is 4.79 Å². The number of nitrogens with one attached hydrogen (secondary N) is 1. The maximum atomic E-state index is 12.2. The van der Waals surface area contributed by atoms with Gasteiger partial charge >= 0.3 is 6.09 Å².